The number of carbonyl (C=O) groups is 1. The molecule has 1 N–H and O–H groups in total. The molecule has 3 fully saturated rings. The number of amides is 1. The standard InChI is InChI=1S/C19H22F3NO2/c20-19(21,22)18(5-6-18)15-3-1-13(2-4-15)14-11-17(12-14)7-9-23(10-8-17)16(24)25/h1-4,14H,5-12H2,(H,24,25). The highest BCUT2D eigenvalue weighted by atomic mass is 19.4. The molecule has 1 amide bonds. The van der Waals surface area contributed by atoms with Crippen LogP contribution in [0.4, 0.5) is 18.0 Å². The molecule has 1 aromatic carbocycles. The summed E-state index contributed by atoms with van der Waals surface area (Å²) in [4.78, 5) is 12.5. The van der Waals surface area contributed by atoms with Gasteiger partial charge in [0.15, 0.2) is 0 Å². The Labute approximate surface area is 144 Å². The van der Waals surface area contributed by atoms with Gasteiger partial charge in [0.2, 0.25) is 0 Å². The highest BCUT2D eigenvalue weighted by molar-refractivity contribution is 5.65. The largest absolute Gasteiger partial charge is 0.465 e. The molecule has 0 radical (unpaired) electrons. The van der Waals surface area contributed by atoms with E-state index in [2.05, 4.69) is 0 Å². The second kappa shape index (κ2) is 5.39. The minimum Gasteiger partial charge on any atom is -0.465 e. The molecule has 1 spiro atoms. The van der Waals surface area contributed by atoms with Gasteiger partial charge in [-0.2, -0.15) is 13.2 Å². The first kappa shape index (κ1) is 16.7. The predicted molar refractivity (Wildman–Crippen MR) is 86.6 cm³/mol. The monoisotopic (exact) mass is 353 g/mol. The summed E-state index contributed by atoms with van der Waals surface area (Å²) in [5.74, 6) is 0.395. The van der Waals surface area contributed by atoms with Crippen molar-refractivity contribution in [3.8, 4) is 0 Å². The highest BCUT2D eigenvalue weighted by Gasteiger charge is 2.64. The van der Waals surface area contributed by atoms with Gasteiger partial charge >= 0.3 is 12.3 Å². The SMILES string of the molecule is O=C(O)N1CCC2(CC1)CC(c1ccc(C3(C(F)(F)F)CC3)cc1)C2. The first-order valence-corrected chi connectivity index (χ1v) is 8.90. The van der Waals surface area contributed by atoms with Gasteiger partial charge in [0.05, 0.1) is 5.41 Å². The van der Waals surface area contributed by atoms with Crippen molar-refractivity contribution in [2.24, 2.45) is 5.41 Å². The van der Waals surface area contributed by atoms with Gasteiger partial charge in [-0.25, -0.2) is 4.79 Å². The van der Waals surface area contributed by atoms with Crippen LogP contribution in [0.2, 0.25) is 0 Å². The normalized spacial score (nSPS) is 24.8. The maximum Gasteiger partial charge on any atom is 0.407 e. The number of hydrogen-bond acceptors (Lipinski definition) is 1. The second-order valence-corrected chi connectivity index (χ2v) is 8.08. The lowest BCUT2D eigenvalue weighted by Gasteiger charge is -2.52. The van der Waals surface area contributed by atoms with Crippen LogP contribution >= 0.6 is 0 Å². The van der Waals surface area contributed by atoms with Crippen molar-refractivity contribution >= 4 is 6.09 Å². The maximum absolute atomic E-state index is 13.2. The number of benzene rings is 1. The van der Waals surface area contributed by atoms with E-state index in [4.69, 9.17) is 5.11 Å². The van der Waals surface area contributed by atoms with E-state index in [1.54, 1.807) is 12.1 Å². The molecular formula is C19H22F3NO2. The number of hydrogen-bond donors (Lipinski definition) is 1. The molecule has 1 heterocycles. The molecule has 4 rings (SSSR count). The van der Waals surface area contributed by atoms with Gasteiger partial charge in [-0.05, 0) is 61.0 Å². The van der Waals surface area contributed by atoms with Crippen molar-refractivity contribution in [3.05, 3.63) is 35.4 Å². The average Bonchev–Trinajstić information content (AvgIpc) is 3.34. The lowest BCUT2D eigenvalue weighted by molar-refractivity contribution is -0.160. The Balaban J connectivity index is 1.38. The first-order chi connectivity index (χ1) is 11.7. The number of likely N-dealkylation sites (tertiary alicyclic amines) is 1. The van der Waals surface area contributed by atoms with Crippen LogP contribution in [-0.4, -0.2) is 35.4 Å². The van der Waals surface area contributed by atoms with Crippen LogP contribution in [0, 0.1) is 5.41 Å². The molecule has 0 atom stereocenters. The number of rotatable bonds is 2. The van der Waals surface area contributed by atoms with Crippen molar-refractivity contribution in [3.63, 3.8) is 0 Å². The second-order valence-electron chi connectivity index (χ2n) is 8.08. The van der Waals surface area contributed by atoms with E-state index >= 15 is 0 Å². The van der Waals surface area contributed by atoms with E-state index in [0.29, 0.717) is 24.6 Å². The third-order valence-electron chi connectivity index (χ3n) is 6.68. The van der Waals surface area contributed by atoms with E-state index < -0.39 is 17.7 Å². The molecule has 1 aliphatic heterocycles. The molecule has 1 saturated heterocycles. The quantitative estimate of drug-likeness (QED) is 0.820. The van der Waals surface area contributed by atoms with Crippen molar-refractivity contribution < 1.29 is 23.1 Å². The van der Waals surface area contributed by atoms with Crippen molar-refractivity contribution in [1.82, 2.24) is 4.90 Å². The molecule has 3 aliphatic rings. The Kier molecular flexibility index (Phi) is 3.61. The zero-order chi connectivity index (χ0) is 17.9. The molecular weight excluding hydrogens is 331 g/mol. The van der Waals surface area contributed by atoms with Crippen molar-refractivity contribution in [2.45, 2.75) is 56.0 Å². The third-order valence-corrected chi connectivity index (χ3v) is 6.68. The topological polar surface area (TPSA) is 40.5 Å². The summed E-state index contributed by atoms with van der Waals surface area (Å²) in [7, 11) is 0. The maximum atomic E-state index is 13.2. The summed E-state index contributed by atoms with van der Waals surface area (Å²) < 4.78 is 39.6. The minimum atomic E-state index is -4.16. The molecule has 0 aromatic heterocycles. The Morgan fingerprint density at radius 2 is 1.60 bits per heavy atom. The number of piperidine rings is 1. The third kappa shape index (κ3) is 2.70. The Morgan fingerprint density at radius 1 is 1.04 bits per heavy atom. The summed E-state index contributed by atoms with van der Waals surface area (Å²) in [5.41, 5.74) is 0.148. The fourth-order valence-corrected chi connectivity index (χ4v) is 4.74. The summed E-state index contributed by atoms with van der Waals surface area (Å²) in [6, 6.07) is 7.05. The fourth-order valence-electron chi connectivity index (χ4n) is 4.74. The smallest absolute Gasteiger partial charge is 0.407 e. The summed E-state index contributed by atoms with van der Waals surface area (Å²) >= 11 is 0. The summed E-state index contributed by atoms with van der Waals surface area (Å²) in [6.45, 7) is 1.18. The minimum absolute atomic E-state index is 0.197. The van der Waals surface area contributed by atoms with Crippen LogP contribution in [0.1, 0.15) is 55.6 Å². The Morgan fingerprint density at radius 3 is 2.04 bits per heavy atom. The molecule has 1 aromatic rings. The molecule has 2 aliphatic carbocycles. The molecule has 25 heavy (non-hydrogen) atoms. The van der Waals surface area contributed by atoms with E-state index in [1.807, 2.05) is 12.1 Å². The fraction of sp³-hybridized carbons (Fsp3) is 0.632. The van der Waals surface area contributed by atoms with Gasteiger partial charge in [-0.3, -0.25) is 0 Å². The predicted octanol–water partition coefficient (Wildman–Crippen LogP) is 4.92. The molecule has 0 bridgehead atoms. The van der Waals surface area contributed by atoms with E-state index in [0.717, 1.165) is 31.2 Å². The van der Waals surface area contributed by atoms with Crippen LogP contribution in [0.3, 0.4) is 0 Å². The molecule has 2 saturated carbocycles. The molecule has 0 unspecified atom stereocenters. The van der Waals surface area contributed by atoms with Crippen LogP contribution in [0.15, 0.2) is 24.3 Å². The van der Waals surface area contributed by atoms with Gasteiger partial charge < -0.3 is 10.0 Å². The average molecular weight is 353 g/mol. The molecule has 6 heteroatoms. The van der Waals surface area contributed by atoms with Crippen LogP contribution in [-0.2, 0) is 5.41 Å². The lowest BCUT2D eigenvalue weighted by atomic mass is 9.56. The van der Waals surface area contributed by atoms with Gasteiger partial charge in [-0.15, -0.1) is 0 Å². The van der Waals surface area contributed by atoms with Gasteiger partial charge in [0, 0.05) is 13.1 Å². The molecule has 136 valence electrons. The van der Waals surface area contributed by atoms with E-state index in [-0.39, 0.29) is 18.3 Å². The first-order valence-electron chi connectivity index (χ1n) is 8.90. The zero-order valence-corrected chi connectivity index (χ0v) is 14.0. The van der Waals surface area contributed by atoms with E-state index in [9.17, 15) is 18.0 Å². The Hall–Kier alpha value is -1.72. The summed E-state index contributed by atoms with van der Waals surface area (Å²) in [5, 5.41) is 9.03. The Bertz CT molecular complexity index is 663. The van der Waals surface area contributed by atoms with Crippen LogP contribution in [0.25, 0.3) is 0 Å². The number of nitrogens with zero attached hydrogens (tertiary/aromatic N) is 1. The number of carboxylic acid groups (broad SMARTS) is 1. The summed E-state index contributed by atoms with van der Waals surface area (Å²) in [6.07, 6.45) is -0.789. The van der Waals surface area contributed by atoms with Crippen molar-refractivity contribution in [2.75, 3.05) is 13.1 Å². The lowest BCUT2D eigenvalue weighted by Crippen LogP contribution is -2.47. The van der Waals surface area contributed by atoms with Crippen molar-refractivity contribution in [1.29, 1.82) is 0 Å². The zero-order valence-electron chi connectivity index (χ0n) is 14.0. The highest BCUT2D eigenvalue weighted by Crippen LogP contribution is 2.60. The number of halogens is 3. The number of alkyl halides is 3. The molecule has 3 nitrogen and oxygen atoms in total. The van der Waals surface area contributed by atoms with Gasteiger partial charge in [0.1, 0.15) is 0 Å². The van der Waals surface area contributed by atoms with E-state index in [1.165, 1.54) is 4.90 Å². The van der Waals surface area contributed by atoms with Gasteiger partial charge in [0.25, 0.3) is 0 Å². The van der Waals surface area contributed by atoms with Crippen LogP contribution in [0.5, 0.6) is 0 Å². The van der Waals surface area contributed by atoms with Gasteiger partial charge in [-0.1, -0.05) is 24.3 Å². The van der Waals surface area contributed by atoms with Crippen LogP contribution < -0.4 is 0 Å².